The van der Waals surface area contributed by atoms with Crippen LogP contribution in [0.2, 0.25) is 0 Å². The molecule has 3 amide bonds. The van der Waals surface area contributed by atoms with E-state index in [1.54, 1.807) is 36.9 Å². The van der Waals surface area contributed by atoms with Crippen molar-refractivity contribution < 1.29 is 23.9 Å². The topological polar surface area (TPSA) is 105 Å². The maximum atomic E-state index is 13.2. The first-order valence-electron chi connectivity index (χ1n) is 12.7. The molecule has 4 rings (SSSR count). The van der Waals surface area contributed by atoms with Crippen molar-refractivity contribution in [1.82, 2.24) is 4.90 Å². The number of carbonyl (C=O) groups excluding carboxylic acids is 4. The number of benzene rings is 2. The number of amides is 3. The van der Waals surface area contributed by atoms with Crippen LogP contribution in [0.25, 0.3) is 0 Å². The number of thiophene rings is 1. The number of hydrogen-bond acceptors (Lipinski definition) is 7. The molecule has 0 aliphatic carbocycles. The lowest BCUT2D eigenvalue weighted by Crippen LogP contribution is -2.34. The second-order valence-electron chi connectivity index (χ2n) is 9.22. The smallest absolute Gasteiger partial charge is 0.341 e. The minimum absolute atomic E-state index is 0.0281. The first kappa shape index (κ1) is 28.4. The van der Waals surface area contributed by atoms with Crippen molar-refractivity contribution in [2.24, 2.45) is 0 Å². The van der Waals surface area contributed by atoms with E-state index in [2.05, 4.69) is 10.6 Å². The van der Waals surface area contributed by atoms with E-state index in [1.807, 2.05) is 37.3 Å². The van der Waals surface area contributed by atoms with Crippen LogP contribution in [0.5, 0.6) is 0 Å². The molecule has 2 aromatic carbocycles. The fourth-order valence-electron chi connectivity index (χ4n) is 4.21. The summed E-state index contributed by atoms with van der Waals surface area (Å²) in [5, 5.41) is 5.78. The molecule has 0 saturated carbocycles. The fraction of sp³-hybridized carbons (Fsp3) is 0.310. The SMILES string of the molecule is CCOC(=O)c1c(NC(=O)C(C)Sc2cccc(NC(=O)c3ccc(C)cc3)c2)sc2c1CCN(C(C)=O)C2. The van der Waals surface area contributed by atoms with Crippen LogP contribution in [-0.2, 0) is 27.3 Å². The van der Waals surface area contributed by atoms with Crippen LogP contribution in [0.1, 0.15) is 57.5 Å². The summed E-state index contributed by atoms with van der Waals surface area (Å²) < 4.78 is 5.28. The number of fused-ring (bicyclic) bond motifs is 1. The molecule has 8 nitrogen and oxygen atoms in total. The van der Waals surface area contributed by atoms with E-state index in [9.17, 15) is 19.2 Å². The highest BCUT2D eigenvalue weighted by Gasteiger charge is 2.31. The molecular weight excluding hydrogens is 534 g/mol. The summed E-state index contributed by atoms with van der Waals surface area (Å²) >= 11 is 2.66. The average Bonchev–Trinajstić information content (AvgIpc) is 3.26. The van der Waals surface area contributed by atoms with Gasteiger partial charge >= 0.3 is 5.97 Å². The molecular formula is C29H31N3O5S2. The van der Waals surface area contributed by atoms with Gasteiger partial charge in [-0.15, -0.1) is 23.1 Å². The summed E-state index contributed by atoms with van der Waals surface area (Å²) in [7, 11) is 0. The van der Waals surface area contributed by atoms with E-state index in [0.29, 0.717) is 41.3 Å². The minimum atomic E-state index is -0.490. The maximum Gasteiger partial charge on any atom is 0.341 e. The molecule has 1 unspecified atom stereocenters. The zero-order valence-corrected chi connectivity index (χ0v) is 24.0. The molecule has 204 valence electrons. The number of ether oxygens (including phenoxy) is 1. The molecule has 10 heteroatoms. The van der Waals surface area contributed by atoms with Gasteiger partial charge in [0.2, 0.25) is 11.8 Å². The van der Waals surface area contributed by atoms with Crippen molar-refractivity contribution in [3.8, 4) is 0 Å². The highest BCUT2D eigenvalue weighted by Crippen LogP contribution is 2.38. The molecule has 0 bridgehead atoms. The van der Waals surface area contributed by atoms with Crippen molar-refractivity contribution in [1.29, 1.82) is 0 Å². The molecule has 1 aromatic heterocycles. The Balaban J connectivity index is 1.46. The Hall–Kier alpha value is -3.63. The Morgan fingerprint density at radius 3 is 2.54 bits per heavy atom. The number of esters is 1. The third kappa shape index (κ3) is 6.88. The number of nitrogens with one attached hydrogen (secondary N) is 2. The van der Waals surface area contributed by atoms with E-state index in [0.717, 1.165) is 20.9 Å². The lowest BCUT2D eigenvalue weighted by atomic mass is 10.0. The highest BCUT2D eigenvalue weighted by molar-refractivity contribution is 8.00. The van der Waals surface area contributed by atoms with Gasteiger partial charge in [-0.1, -0.05) is 23.8 Å². The average molecular weight is 566 g/mol. The van der Waals surface area contributed by atoms with Gasteiger partial charge in [-0.25, -0.2) is 4.79 Å². The van der Waals surface area contributed by atoms with Gasteiger partial charge < -0.3 is 20.3 Å². The van der Waals surface area contributed by atoms with Crippen LogP contribution in [0.3, 0.4) is 0 Å². The van der Waals surface area contributed by atoms with Gasteiger partial charge in [-0.3, -0.25) is 14.4 Å². The minimum Gasteiger partial charge on any atom is -0.462 e. The summed E-state index contributed by atoms with van der Waals surface area (Å²) in [4.78, 5) is 53.9. The molecule has 3 aromatic rings. The Bertz CT molecular complexity index is 1400. The van der Waals surface area contributed by atoms with Gasteiger partial charge in [0.1, 0.15) is 5.00 Å². The van der Waals surface area contributed by atoms with Gasteiger partial charge in [-0.2, -0.15) is 0 Å². The van der Waals surface area contributed by atoms with E-state index in [1.165, 1.54) is 30.0 Å². The molecule has 1 aliphatic rings. The molecule has 1 atom stereocenters. The first-order chi connectivity index (χ1) is 18.7. The predicted octanol–water partition coefficient (Wildman–Crippen LogP) is 5.51. The lowest BCUT2D eigenvalue weighted by molar-refractivity contribution is -0.129. The van der Waals surface area contributed by atoms with Gasteiger partial charge in [-0.05, 0) is 63.1 Å². The number of aryl methyl sites for hydroxylation is 1. The second kappa shape index (κ2) is 12.5. The number of thioether (sulfide) groups is 1. The molecule has 0 radical (unpaired) electrons. The Labute approximate surface area is 236 Å². The van der Waals surface area contributed by atoms with E-state index < -0.39 is 11.2 Å². The third-order valence-electron chi connectivity index (χ3n) is 6.31. The van der Waals surface area contributed by atoms with Crippen molar-refractivity contribution in [3.05, 3.63) is 75.7 Å². The first-order valence-corrected chi connectivity index (χ1v) is 14.4. The number of hydrogen-bond donors (Lipinski definition) is 2. The van der Waals surface area contributed by atoms with E-state index >= 15 is 0 Å². The number of anilines is 2. The Kier molecular flexibility index (Phi) is 9.08. The zero-order chi connectivity index (χ0) is 28.1. The molecule has 0 fully saturated rings. The lowest BCUT2D eigenvalue weighted by Gasteiger charge is -2.25. The standard InChI is InChI=1S/C29H31N3O5S2/c1-5-37-29(36)25-23-13-14-32(19(4)33)16-24(23)39-28(25)31-26(34)18(3)38-22-8-6-7-21(15-22)30-27(35)20-11-9-17(2)10-12-20/h6-12,15,18H,5,13-14,16H2,1-4H3,(H,30,35)(H,31,34). The van der Waals surface area contributed by atoms with Crippen molar-refractivity contribution >= 4 is 57.5 Å². The van der Waals surface area contributed by atoms with Crippen LogP contribution < -0.4 is 10.6 Å². The van der Waals surface area contributed by atoms with Gasteiger partial charge in [0.15, 0.2) is 0 Å². The number of carbonyl (C=O) groups is 4. The van der Waals surface area contributed by atoms with Gasteiger partial charge in [0, 0.05) is 34.5 Å². The van der Waals surface area contributed by atoms with Crippen molar-refractivity contribution in [3.63, 3.8) is 0 Å². The summed E-state index contributed by atoms with van der Waals surface area (Å²) in [5.41, 5.74) is 3.49. The summed E-state index contributed by atoms with van der Waals surface area (Å²) in [5.74, 6) is -0.973. The van der Waals surface area contributed by atoms with Crippen LogP contribution in [0.15, 0.2) is 53.4 Å². The van der Waals surface area contributed by atoms with Gasteiger partial charge in [0.05, 0.1) is 24.0 Å². The summed E-state index contributed by atoms with van der Waals surface area (Å²) in [6.07, 6.45) is 0.529. The monoisotopic (exact) mass is 565 g/mol. The molecule has 0 saturated heterocycles. The Morgan fingerprint density at radius 1 is 1.10 bits per heavy atom. The van der Waals surface area contributed by atoms with Crippen LogP contribution in [0.4, 0.5) is 10.7 Å². The van der Waals surface area contributed by atoms with Crippen molar-refractivity contribution in [2.45, 2.75) is 50.8 Å². The molecule has 0 spiro atoms. The second-order valence-corrected chi connectivity index (χ2v) is 11.7. The third-order valence-corrected chi connectivity index (χ3v) is 8.53. The molecule has 2 heterocycles. The van der Waals surface area contributed by atoms with Crippen LogP contribution in [-0.4, -0.2) is 47.0 Å². The molecule has 1 aliphatic heterocycles. The predicted molar refractivity (Wildman–Crippen MR) is 155 cm³/mol. The number of nitrogens with zero attached hydrogens (tertiary/aromatic N) is 1. The summed E-state index contributed by atoms with van der Waals surface area (Å²) in [6.45, 7) is 8.15. The van der Waals surface area contributed by atoms with Crippen LogP contribution >= 0.6 is 23.1 Å². The van der Waals surface area contributed by atoms with E-state index in [-0.39, 0.29) is 24.3 Å². The quantitative estimate of drug-likeness (QED) is 0.276. The molecule has 2 N–H and O–H groups in total. The maximum absolute atomic E-state index is 13.2. The summed E-state index contributed by atoms with van der Waals surface area (Å²) in [6, 6.07) is 14.7. The normalized spacial score (nSPS) is 13.3. The largest absolute Gasteiger partial charge is 0.462 e. The van der Waals surface area contributed by atoms with Crippen LogP contribution in [0, 0.1) is 6.92 Å². The Morgan fingerprint density at radius 2 is 1.85 bits per heavy atom. The van der Waals surface area contributed by atoms with E-state index in [4.69, 9.17) is 4.74 Å². The fourth-order valence-corrected chi connectivity index (χ4v) is 6.39. The molecule has 39 heavy (non-hydrogen) atoms. The number of rotatable bonds is 8. The highest BCUT2D eigenvalue weighted by atomic mass is 32.2. The van der Waals surface area contributed by atoms with Gasteiger partial charge in [0.25, 0.3) is 5.91 Å². The van der Waals surface area contributed by atoms with Crippen molar-refractivity contribution in [2.75, 3.05) is 23.8 Å². The zero-order valence-electron chi connectivity index (χ0n) is 22.3.